The number of hydrogen-bond acceptors (Lipinski definition) is 2. The number of carboxylic acid groups (broad SMARTS) is 1. The Kier molecular flexibility index (Phi) is 4.55. The summed E-state index contributed by atoms with van der Waals surface area (Å²) in [6, 6.07) is 6.17. The monoisotopic (exact) mass is 235 g/mol. The molecular formula is C14H21NO2. The number of carbonyl (C=O) groups is 1. The highest BCUT2D eigenvalue weighted by Crippen LogP contribution is 2.16. The molecule has 1 aromatic carbocycles. The lowest BCUT2D eigenvalue weighted by atomic mass is 9.96. The van der Waals surface area contributed by atoms with Gasteiger partial charge in [-0.25, -0.2) is 0 Å². The Bertz CT molecular complexity index is 379. The third kappa shape index (κ3) is 4.10. The minimum atomic E-state index is -0.739. The maximum Gasteiger partial charge on any atom is 0.308 e. The molecule has 17 heavy (non-hydrogen) atoms. The average molecular weight is 235 g/mol. The highest BCUT2D eigenvalue weighted by Gasteiger charge is 2.20. The predicted octanol–water partition coefficient (Wildman–Crippen LogP) is 3.07. The molecule has 0 spiro atoms. The van der Waals surface area contributed by atoms with Gasteiger partial charge in [0, 0.05) is 12.2 Å². The van der Waals surface area contributed by atoms with Gasteiger partial charge in [-0.05, 0) is 43.0 Å². The molecule has 94 valence electrons. The Morgan fingerprint density at radius 1 is 1.24 bits per heavy atom. The molecule has 0 aliphatic rings. The Labute approximate surface area is 103 Å². The van der Waals surface area contributed by atoms with E-state index in [-0.39, 0.29) is 11.8 Å². The number of aryl methyl sites for hydroxylation is 2. The van der Waals surface area contributed by atoms with Crippen LogP contribution in [0.3, 0.4) is 0 Å². The van der Waals surface area contributed by atoms with Crippen molar-refractivity contribution in [3.05, 3.63) is 29.3 Å². The quantitative estimate of drug-likeness (QED) is 0.824. The van der Waals surface area contributed by atoms with Crippen LogP contribution >= 0.6 is 0 Å². The minimum absolute atomic E-state index is 0.130. The van der Waals surface area contributed by atoms with E-state index in [1.807, 2.05) is 39.8 Å². The molecule has 0 saturated carbocycles. The molecule has 1 unspecified atom stereocenters. The van der Waals surface area contributed by atoms with E-state index in [1.165, 1.54) is 11.1 Å². The lowest BCUT2D eigenvalue weighted by Gasteiger charge is -2.18. The number of aliphatic carboxylic acids is 1. The molecule has 0 fully saturated rings. The van der Waals surface area contributed by atoms with Gasteiger partial charge < -0.3 is 10.4 Å². The number of nitrogens with one attached hydrogen (secondary N) is 1. The van der Waals surface area contributed by atoms with Crippen molar-refractivity contribution in [3.63, 3.8) is 0 Å². The Hall–Kier alpha value is -1.51. The van der Waals surface area contributed by atoms with Crippen LogP contribution in [0.4, 0.5) is 5.69 Å². The van der Waals surface area contributed by atoms with E-state index in [0.29, 0.717) is 6.54 Å². The molecule has 3 heteroatoms. The third-order valence-electron chi connectivity index (χ3n) is 2.87. The van der Waals surface area contributed by atoms with Crippen LogP contribution in [0.2, 0.25) is 0 Å². The normalized spacial score (nSPS) is 12.5. The molecule has 1 aromatic rings. The maximum atomic E-state index is 11.1. The van der Waals surface area contributed by atoms with Gasteiger partial charge in [-0.2, -0.15) is 0 Å². The van der Waals surface area contributed by atoms with Gasteiger partial charge in [0.15, 0.2) is 0 Å². The summed E-state index contributed by atoms with van der Waals surface area (Å²) in [6.07, 6.45) is 0. The highest BCUT2D eigenvalue weighted by molar-refractivity contribution is 5.71. The molecule has 0 saturated heterocycles. The molecule has 2 N–H and O–H groups in total. The van der Waals surface area contributed by atoms with Crippen molar-refractivity contribution in [1.82, 2.24) is 0 Å². The zero-order valence-electron chi connectivity index (χ0n) is 10.9. The molecule has 0 aromatic heterocycles. The van der Waals surface area contributed by atoms with Gasteiger partial charge in [0.1, 0.15) is 0 Å². The van der Waals surface area contributed by atoms with Gasteiger partial charge in [-0.15, -0.1) is 0 Å². The standard InChI is InChI=1S/C14H21NO2/c1-9(2)13(14(16)17)8-15-12-6-10(3)5-11(4)7-12/h5-7,9,13,15H,8H2,1-4H3,(H,16,17). The maximum absolute atomic E-state index is 11.1. The van der Waals surface area contributed by atoms with Crippen LogP contribution in [0.25, 0.3) is 0 Å². The molecule has 1 rings (SSSR count). The smallest absolute Gasteiger partial charge is 0.308 e. The van der Waals surface area contributed by atoms with Crippen LogP contribution in [-0.4, -0.2) is 17.6 Å². The minimum Gasteiger partial charge on any atom is -0.481 e. The van der Waals surface area contributed by atoms with Crippen LogP contribution in [0, 0.1) is 25.7 Å². The second kappa shape index (κ2) is 5.71. The fourth-order valence-electron chi connectivity index (χ4n) is 1.91. The fraction of sp³-hybridized carbons (Fsp3) is 0.500. The van der Waals surface area contributed by atoms with Crippen molar-refractivity contribution in [2.24, 2.45) is 11.8 Å². The summed E-state index contributed by atoms with van der Waals surface area (Å²) in [5, 5.41) is 12.3. The van der Waals surface area contributed by atoms with Gasteiger partial charge in [0.25, 0.3) is 0 Å². The number of benzene rings is 1. The summed E-state index contributed by atoms with van der Waals surface area (Å²) in [7, 11) is 0. The van der Waals surface area contributed by atoms with Crippen molar-refractivity contribution in [1.29, 1.82) is 0 Å². The number of anilines is 1. The van der Waals surface area contributed by atoms with Gasteiger partial charge in [-0.3, -0.25) is 4.79 Å². The zero-order valence-corrected chi connectivity index (χ0v) is 10.9. The fourth-order valence-corrected chi connectivity index (χ4v) is 1.91. The first-order valence-electron chi connectivity index (χ1n) is 5.95. The Morgan fingerprint density at radius 2 is 1.76 bits per heavy atom. The van der Waals surface area contributed by atoms with Crippen molar-refractivity contribution in [2.45, 2.75) is 27.7 Å². The van der Waals surface area contributed by atoms with E-state index in [4.69, 9.17) is 5.11 Å². The van der Waals surface area contributed by atoms with Crippen molar-refractivity contribution < 1.29 is 9.90 Å². The molecule has 3 nitrogen and oxygen atoms in total. The van der Waals surface area contributed by atoms with Gasteiger partial charge in [-0.1, -0.05) is 19.9 Å². The summed E-state index contributed by atoms with van der Waals surface area (Å²) in [5.41, 5.74) is 3.36. The summed E-state index contributed by atoms with van der Waals surface area (Å²) < 4.78 is 0. The van der Waals surface area contributed by atoms with Crippen LogP contribution in [0.5, 0.6) is 0 Å². The topological polar surface area (TPSA) is 49.3 Å². The van der Waals surface area contributed by atoms with Crippen LogP contribution < -0.4 is 5.32 Å². The van der Waals surface area contributed by atoms with Crippen LogP contribution in [0.15, 0.2) is 18.2 Å². The van der Waals surface area contributed by atoms with Crippen molar-refractivity contribution in [2.75, 3.05) is 11.9 Å². The second-order valence-electron chi connectivity index (χ2n) is 4.95. The molecule has 0 bridgehead atoms. The van der Waals surface area contributed by atoms with E-state index in [9.17, 15) is 4.79 Å². The van der Waals surface area contributed by atoms with Crippen molar-refractivity contribution >= 4 is 11.7 Å². The third-order valence-corrected chi connectivity index (χ3v) is 2.87. The zero-order chi connectivity index (χ0) is 13.0. The van der Waals surface area contributed by atoms with Gasteiger partial charge in [0.2, 0.25) is 0 Å². The second-order valence-corrected chi connectivity index (χ2v) is 4.95. The Balaban J connectivity index is 2.68. The van der Waals surface area contributed by atoms with Gasteiger partial charge in [0.05, 0.1) is 5.92 Å². The van der Waals surface area contributed by atoms with E-state index in [1.54, 1.807) is 0 Å². The average Bonchev–Trinajstić information content (AvgIpc) is 2.14. The Morgan fingerprint density at radius 3 is 2.18 bits per heavy atom. The van der Waals surface area contributed by atoms with E-state index in [0.717, 1.165) is 5.69 Å². The summed E-state index contributed by atoms with van der Waals surface area (Å²) in [4.78, 5) is 11.1. The molecule has 0 radical (unpaired) electrons. The first kappa shape index (κ1) is 13.6. The van der Waals surface area contributed by atoms with E-state index in [2.05, 4.69) is 11.4 Å². The van der Waals surface area contributed by atoms with E-state index >= 15 is 0 Å². The largest absolute Gasteiger partial charge is 0.481 e. The first-order valence-corrected chi connectivity index (χ1v) is 5.95. The summed E-state index contributed by atoms with van der Waals surface area (Å²) in [6.45, 7) is 8.41. The number of carboxylic acids is 1. The first-order chi connectivity index (χ1) is 7.90. The van der Waals surface area contributed by atoms with E-state index < -0.39 is 5.97 Å². The van der Waals surface area contributed by atoms with Crippen molar-refractivity contribution in [3.8, 4) is 0 Å². The molecule has 0 aliphatic heterocycles. The molecule has 1 atom stereocenters. The lowest BCUT2D eigenvalue weighted by Crippen LogP contribution is -2.27. The van der Waals surface area contributed by atoms with Gasteiger partial charge >= 0.3 is 5.97 Å². The number of rotatable bonds is 5. The molecule has 0 aliphatic carbocycles. The lowest BCUT2D eigenvalue weighted by molar-refractivity contribution is -0.142. The highest BCUT2D eigenvalue weighted by atomic mass is 16.4. The summed E-state index contributed by atoms with van der Waals surface area (Å²) >= 11 is 0. The van der Waals surface area contributed by atoms with Crippen LogP contribution in [0.1, 0.15) is 25.0 Å². The predicted molar refractivity (Wildman–Crippen MR) is 70.4 cm³/mol. The van der Waals surface area contributed by atoms with Crippen LogP contribution in [-0.2, 0) is 4.79 Å². The molecule has 0 amide bonds. The molecule has 0 heterocycles. The number of hydrogen-bond donors (Lipinski definition) is 2. The molecular weight excluding hydrogens is 214 g/mol. The summed E-state index contributed by atoms with van der Waals surface area (Å²) in [5.74, 6) is -0.960. The SMILES string of the molecule is Cc1cc(C)cc(NCC(C(=O)O)C(C)C)c1.